The van der Waals surface area contributed by atoms with Crippen LogP contribution >= 0.6 is 0 Å². The molecule has 3 heterocycles. The van der Waals surface area contributed by atoms with Gasteiger partial charge in [-0.25, -0.2) is 9.97 Å². The average molecular weight is 316 g/mol. The third-order valence-corrected chi connectivity index (χ3v) is 4.12. The SMILES string of the molecule is Cc1ncoc1C(=O)N(C)CC1(O)CCN(c2ccccn2)C1. The van der Waals surface area contributed by atoms with Crippen LogP contribution in [0, 0.1) is 6.92 Å². The van der Waals surface area contributed by atoms with Crippen LogP contribution < -0.4 is 4.90 Å². The molecule has 0 aliphatic carbocycles. The van der Waals surface area contributed by atoms with Gasteiger partial charge in [0.1, 0.15) is 11.4 Å². The molecule has 0 aromatic carbocycles. The lowest BCUT2D eigenvalue weighted by atomic mass is 10.0. The molecule has 122 valence electrons. The van der Waals surface area contributed by atoms with Crippen molar-refractivity contribution >= 4 is 11.7 Å². The number of nitrogens with zero attached hydrogens (tertiary/aromatic N) is 4. The number of oxazole rings is 1. The number of aliphatic hydroxyl groups is 1. The predicted octanol–water partition coefficient (Wildman–Crippen LogP) is 1.09. The van der Waals surface area contributed by atoms with E-state index >= 15 is 0 Å². The van der Waals surface area contributed by atoms with Crippen molar-refractivity contribution in [2.45, 2.75) is 18.9 Å². The molecule has 1 aliphatic heterocycles. The second-order valence-corrected chi connectivity index (χ2v) is 6.01. The molecule has 23 heavy (non-hydrogen) atoms. The fraction of sp³-hybridized carbons (Fsp3) is 0.438. The van der Waals surface area contributed by atoms with Gasteiger partial charge in [-0.05, 0) is 25.5 Å². The summed E-state index contributed by atoms with van der Waals surface area (Å²) in [6, 6.07) is 5.69. The number of aryl methyl sites for hydroxylation is 1. The Morgan fingerprint density at radius 3 is 2.96 bits per heavy atom. The Morgan fingerprint density at radius 2 is 2.30 bits per heavy atom. The van der Waals surface area contributed by atoms with Crippen molar-refractivity contribution in [2.75, 3.05) is 31.6 Å². The van der Waals surface area contributed by atoms with E-state index in [9.17, 15) is 9.90 Å². The van der Waals surface area contributed by atoms with Gasteiger partial charge in [0.25, 0.3) is 5.91 Å². The molecule has 1 aliphatic rings. The average Bonchev–Trinajstić information content (AvgIpc) is 3.13. The summed E-state index contributed by atoms with van der Waals surface area (Å²) in [4.78, 5) is 24.1. The van der Waals surface area contributed by atoms with E-state index in [-0.39, 0.29) is 18.2 Å². The summed E-state index contributed by atoms with van der Waals surface area (Å²) in [7, 11) is 1.66. The van der Waals surface area contributed by atoms with Gasteiger partial charge in [0.15, 0.2) is 6.39 Å². The van der Waals surface area contributed by atoms with E-state index in [1.807, 2.05) is 23.1 Å². The zero-order valence-electron chi connectivity index (χ0n) is 13.3. The molecule has 0 bridgehead atoms. The monoisotopic (exact) mass is 316 g/mol. The number of carbonyl (C=O) groups excluding carboxylic acids is 1. The summed E-state index contributed by atoms with van der Waals surface area (Å²) >= 11 is 0. The minimum Gasteiger partial charge on any atom is -0.438 e. The van der Waals surface area contributed by atoms with Crippen molar-refractivity contribution in [1.29, 1.82) is 0 Å². The first-order valence-corrected chi connectivity index (χ1v) is 7.52. The maximum Gasteiger partial charge on any atom is 0.291 e. The Labute approximate surface area is 134 Å². The van der Waals surface area contributed by atoms with Gasteiger partial charge in [-0.2, -0.15) is 0 Å². The highest BCUT2D eigenvalue weighted by molar-refractivity contribution is 5.92. The number of likely N-dealkylation sites (N-methyl/N-ethyl adjacent to an activating group) is 1. The van der Waals surface area contributed by atoms with Gasteiger partial charge in [-0.15, -0.1) is 0 Å². The summed E-state index contributed by atoms with van der Waals surface area (Å²) in [6.07, 6.45) is 3.56. The smallest absolute Gasteiger partial charge is 0.291 e. The van der Waals surface area contributed by atoms with Crippen LogP contribution in [0.25, 0.3) is 0 Å². The number of rotatable bonds is 4. The lowest BCUT2D eigenvalue weighted by Gasteiger charge is -2.28. The van der Waals surface area contributed by atoms with Crippen LogP contribution in [0.15, 0.2) is 35.2 Å². The maximum atomic E-state index is 12.4. The van der Waals surface area contributed by atoms with Crippen molar-refractivity contribution in [3.8, 4) is 0 Å². The van der Waals surface area contributed by atoms with Crippen LogP contribution in [0.4, 0.5) is 5.82 Å². The molecule has 1 unspecified atom stereocenters. The van der Waals surface area contributed by atoms with Gasteiger partial charge in [0.2, 0.25) is 5.76 Å². The topological polar surface area (TPSA) is 82.7 Å². The number of carbonyl (C=O) groups is 1. The number of hydrogen-bond acceptors (Lipinski definition) is 6. The first kappa shape index (κ1) is 15.5. The number of anilines is 1. The molecular formula is C16H20N4O3. The number of hydrogen-bond donors (Lipinski definition) is 1. The highest BCUT2D eigenvalue weighted by Crippen LogP contribution is 2.26. The van der Waals surface area contributed by atoms with Gasteiger partial charge in [0, 0.05) is 26.3 Å². The zero-order chi connectivity index (χ0) is 16.4. The zero-order valence-corrected chi connectivity index (χ0v) is 13.3. The summed E-state index contributed by atoms with van der Waals surface area (Å²) in [6.45, 7) is 3.10. The Bertz CT molecular complexity index is 688. The summed E-state index contributed by atoms with van der Waals surface area (Å²) in [5.41, 5.74) is -0.411. The lowest BCUT2D eigenvalue weighted by Crippen LogP contribution is -2.46. The van der Waals surface area contributed by atoms with Crippen molar-refractivity contribution in [1.82, 2.24) is 14.9 Å². The van der Waals surface area contributed by atoms with E-state index in [1.165, 1.54) is 11.3 Å². The Kier molecular flexibility index (Phi) is 4.04. The molecule has 3 rings (SSSR count). The Hall–Kier alpha value is -2.41. The van der Waals surface area contributed by atoms with E-state index in [1.54, 1.807) is 20.2 Å². The Morgan fingerprint density at radius 1 is 1.48 bits per heavy atom. The normalized spacial score (nSPS) is 20.7. The molecule has 0 saturated carbocycles. The molecule has 0 radical (unpaired) electrons. The van der Waals surface area contributed by atoms with E-state index in [0.717, 1.165) is 5.82 Å². The predicted molar refractivity (Wildman–Crippen MR) is 84.2 cm³/mol. The molecule has 1 fully saturated rings. The molecule has 7 nitrogen and oxygen atoms in total. The van der Waals surface area contributed by atoms with Gasteiger partial charge in [-0.1, -0.05) is 6.07 Å². The number of amides is 1. The van der Waals surface area contributed by atoms with Crippen LogP contribution in [0.3, 0.4) is 0 Å². The fourth-order valence-corrected chi connectivity index (χ4v) is 2.92. The van der Waals surface area contributed by atoms with E-state index in [4.69, 9.17) is 4.42 Å². The van der Waals surface area contributed by atoms with Gasteiger partial charge >= 0.3 is 0 Å². The van der Waals surface area contributed by atoms with Crippen LogP contribution in [-0.2, 0) is 0 Å². The summed E-state index contributed by atoms with van der Waals surface area (Å²) in [5.74, 6) is 0.781. The lowest BCUT2D eigenvalue weighted by molar-refractivity contribution is 0.0251. The quantitative estimate of drug-likeness (QED) is 0.909. The molecule has 0 spiro atoms. The third-order valence-electron chi connectivity index (χ3n) is 4.12. The minimum absolute atomic E-state index is 0.218. The molecule has 1 saturated heterocycles. The first-order chi connectivity index (χ1) is 11.0. The summed E-state index contributed by atoms with van der Waals surface area (Å²) in [5, 5.41) is 10.8. The minimum atomic E-state index is -0.962. The standard InChI is InChI=1S/C16H20N4O3/c1-12-14(23-11-18-12)15(21)19(2)9-16(22)6-8-20(10-16)13-5-3-4-7-17-13/h3-5,7,11,22H,6,8-10H2,1-2H3. The highest BCUT2D eigenvalue weighted by Gasteiger charge is 2.39. The van der Waals surface area contributed by atoms with Crippen LogP contribution in [0.2, 0.25) is 0 Å². The molecule has 1 atom stereocenters. The van der Waals surface area contributed by atoms with E-state index in [2.05, 4.69) is 9.97 Å². The molecule has 2 aromatic rings. The number of aromatic nitrogens is 2. The van der Waals surface area contributed by atoms with Gasteiger partial charge in [0.05, 0.1) is 12.2 Å². The summed E-state index contributed by atoms with van der Waals surface area (Å²) < 4.78 is 5.13. The molecular weight excluding hydrogens is 296 g/mol. The molecule has 7 heteroatoms. The van der Waals surface area contributed by atoms with Gasteiger partial charge < -0.3 is 19.3 Å². The largest absolute Gasteiger partial charge is 0.438 e. The van der Waals surface area contributed by atoms with E-state index in [0.29, 0.717) is 25.2 Å². The number of pyridine rings is 1. The molecule has 1 N–H and O–H groups in total. The first-order valence-electron chi connectivity index (χ1n) is 7.52. The maximum absolute atomic E-state index is 12.4. The highest BCUT2D eigenvalue weighted by atomic mass is 16.4. The van der Waals surface area contributed by atoms with Crippen molar-refractivity contribution < 1.29 is 14.3 Å². The molecule has 2 aromatic heterocycles. The van der Waals surface area contributed by atoms with Crippen LogP contribution in [-0.4, -0.2) is 58.2 Å². The van der Waals surface area contributed by atoms with Crippen LogP contribution in [0.5, 0.6) is 0 Å². The Balaban J connectivity index is 1.66. The van der Waals surface area contributed by atoms with Crippen molar-refractivity contribution in [3.63, 3.8) is 0 Å². The van der Waals surface area contributed by atoms with Gasteiger partial charge in [-0.3, -0.25) is 4.79 Å². The number of β-amino-alcohol motifs (C(OH)–C–C–N with tert-alkyl or cyclic N) is 1. The fourth-order valence-electron chi connectivity index (χ4n) is 2.92. The van der Waals surface area contributed by atoms with Crippen molar-refractivity contribution in [2.24, 2.45) is 0 Å². The second-order valence-electron chi connectivity index (χ2n) is 6.01. The molecule has 1 amide bonds. The van der Waals surface area contributed by atoms with E-state index < -0.39 is 5.60 Å². The third kappa shape index (κ3) is 3.19. The van der Waals surface area contributed by atoms with Crippen molar-refractivity contribution in [3.05, 3.63) is 42.2 Å². The van der Waals surface area contributed by atoms with Crippen LogP contribution in [0.1, 0.15) is 22.7 Å². The second kappa shape index (κ2) is 6.00.